The number of anilines is 2. The maximum Gasteiger partial charge on any atom is 0.253 e. The first-order chi connectivity index (χ1) is 8.41. The molecule has 0 aliphatic heterocycles. The second kappa shape index (κ2) is 4.21. The van der Waals surface area contributed by atoms with E-state index < -0.39 is 28.5 Å². The van der Waals surface area contributed by atoms with Gasteiger partial charge in [0.1, 0.15) is 23.0 Å². The van der Waals surface area contributed by atoms with Crippen molar-refractivity contribution >= 4 is 11.4 Å². The van der Waals surface area contributed by atoms with Crippen LogP contribution in [0.1, 0.15) is 18.5 Å². The minimum atomic E-state index is -0.746. The van der Waals surface area contributed by atoms with Crippen LogP contribution in [0, 0.1) is 11.6 Å². The van der Waals surface area contributed by atoms with Crippen molar-refractivity contribution in [2.75, 3.05) is 11.1 Å². The monoisotopic (exact) mass is 252 g/mol. The fraction of sp³-hybridized carbons (Fsp3) is 0.167. The van der Waals surface area contributed by atoms with E-state index in [4.69, 9.17) is 5.73 Å². The summed E-state index contributed by atoms with van der Waals surface area (Å²) in [6, 6.07) is 2.53. The summed E-state index contributed by atoms with van der Waals surface area (Å²) < 4.78 is 26.2. The van der Waals surface area contributed by atoms with Crippen molar-refractivity contribution in [1.29, 1.82) is 0 Å². The largest absolute Gasteiger partial charge is 0.394 e. The van der Waals surface area contributed by atoms with E-state index in [1.807, 2.05) is 0 Å². The van der Waals surface area contributed by atoms with Crippen molar-refractivity contribution in [3.8, 4) is 0 Å². The van der Waals surface area contributed by atoms with Crippen LogP contribution in [0.2, 0.25) is 0 Å². The van der Waals surface area contributed by atoms with Crippen LogP contribution in [-0.4, -0.2) is 0 Å². The van der Waals surface area contributed by atoms with Gasteiger partial charge in [0.15, 0.2) is 0 Å². The Balaban J connectivity index is 2.26. The number of hydrogen-bond acceptors (Lipinski definition) is 4. The van der Waals surface area contributed by atoms with Gasteiger partial charge in [-0.2, -0.15) is 0 Å². The Labute approximate surface area is 101 Å². The molecule has 0 fully saturated rings. The lowest BCUT2D eigenvalue weighted by atomic mass is 10.1. The molecule has 2 aromatic rings. The van der Waals surface area contributed by atoms with Gasteiger partial charge in [-0.25, -0.2) is 8.78 Å². The summed E-state index contributed by atoms with van der Waals surface area (Å²) in [4.78, 5) is 22.1. The molecule has 0 heterocycles. The Kier molecular flexibility index (Phi) is 2.86. The van der Waals surface area contributed by atoms with Crippen molar-refractivity contribution in [2.45, 2.75) is 13.0 Å². The van der Waals surface area contributed by atoms with E-state index in [1.54, 1.807) is 6.92 Å². The number of rotatable bonds is 3. The standard InChI is InChI=1S/C12H10F2N2O2/c1-5(7-3-2-6(13)4-8(7)14)16-10-9(15)11(17)12(10)18/h2-5,16H,15H2,1H3/t5-/m0/s1. The first-order valence-electron chi connectivity index (χ1n) is 5.22. The number of hydrogen-bond donors (Lipinski definition) is 2. The van der Waals surface area contributed by atoms with Crippen molar-refractivity contribution in [1.82, 2.24) is 0 Å². The summed E-state index contributed by atoms with van der Waals surface area (Å²) in [5.41, 5.74) is 3.88. The lowest BCUT2D eigenvalue weighted by molar-refractivity contribution is 0.566. The molecule has 0 aliphatic rings. The molecule has 0 saturated heterocycles. The van der Waals surface area contributed by atoms with Gasteiger partial charge >= 0.3 is 0 Å². The lowest BCUT2D eigenvalue weighted by Crippen LogP contribution is -2.37. The van der Waals surface area contributed by atoms with Crippen LogP contribution < -0.4 is 21.9 Å². The molecular formula is C12H10F2N2O2. The summed E-state index contributed by atoms with van der Waals surface area (Å²) in [6.45, 7) is 1.58. The smallest absolute Gasteiger partial charge is 0.253 e. The number of nitrogens with one attached hydrogen (secondary N) is 1. The fourth-order valence-corrected chi connectivity index (χ4v) is 1.70. The normalized spacial score (nSPS) is 12.6. The predicted octanol–water partition coefficient (Wildman–Crippen LogP) is 1.32. The average molecular weight is 252 g/mol. The highest BCUT2D eigenvalue weighted by atomic mass is 19.1. The summed E-state index contributed by atoms with van der Waals surface area (Å²) in [6.07, 6.45) is 0. The second-order valence-electron chi connectivity index (χ2n) is 3.98. The molecule has 4 nitrogen and oxygen atoms in total. The average Bonchev–Trinajstić information content (AvgIpc) is 2.34. The van der Waals surface area contributed by atoms with E-state index in [0.29, 0.717) is 0 Å². The third-order valence-electron chi connectivity index (χ3n) is 2.74. The van der Waals surface area contributed by atoms with E-state index in [2.05, 4.69) is 5.32 Å². The Bertz CT molecular complexity index is 675. The maximum absolute atomic E-state index is 13.5. The van der Waals surface area contributed by atoms with Gasteiger partial charge < -0.3 is 11.1 Å². The van der Waals surface area contributed by atoms with E-state index >= 15 is 0 Å². The first-order valence-corrected chi connectivity index (χ1v) is 5.22. The zero-order valence-electron chi connectivity index (χ0n) is 9.46. The van der Waals surface area contributed by atoms with Crippen molar-refractivity contribution in [2.24, 2.45) is 0 Å². The quantitative estimate of drug-likeness (QED) is 0.808. The van der Waals surface area contributed by atoms with Gasteiger partial charge in [-0.05, 0) is 13.0 Å². The fourth-order valence-electron chi connectivity index (χ4n) is 1.70. The molecule has 0 aromatic heterocycles. The molecule has 0 aliphatic carbocycles. The molecule has 6 heteroatoms. The van der Waals surface area contributed by atoms with Gasteiger partial charge in [0.25, 0.3) is 10.9 Å². The summed E-state index contributed by atoms with van der Waals surface area (Å²) >= 11 is 0. The third kappa shape index (κ3) is 1.85. The third-order valence-corrected chi connectivity index (χ3v) is 2.74. The SMILES string of the molecule is C[C@H](Nc1c(N)c(=O)c1=O)c1ccc(F)cc1F. The minimum Gasteiger partial charge on any atom is -0.394 e. The van der Waals surface area contributed by atoms with Crippen LogP contribution in [0.5, 0.6) is 0 Å². The minimum absolute atomic E-state index is 0.0174. The maximum atomic E-state index is 13.5. The van der Waals surface area contributed by atoms with Crippen LogP contribution in [0.25, 0.3) is 0 Å². The van der Waals surface area contributed by atoms with Gasteiger partial charge in [-0.15, -0.1) is 0 Å². The molecule has 0 spiro atoms. The number of nitrogen functional groups attached to an aromatic ring is 1. The second-order valence-corrected chi connectivity index (χ2v) is 3.98. The van der Waals surface area contributed by atoms with Crippen LogP contribution in [0.3, 0.4) is 0 Å². The number of nitrogens with two attached hydrogens (primary N) is 1. The zero-order chi connectivity index (χ0) is 13.4. The van der Waals surface area contributed by atoms with E-state index in [9.17, 15) is 18.4 Å². The van der Waals surface area contributed by atoms with Crippen LogP contribution in [0.15, 0.2) is 27.8 Å². The van der Waals surface area contributed by atoms with Gasteiger partial charge in [0.05, 0.1) is 6.04 Å². The summed E-state index contributed by atoms with van der Waals surface area (Å²) in [5.74, 6) is -1.41. The predicted molar refractivity (Wildman–Crippen MR) is 64.2 cm³/mol. The highest BCUT2D eigenvalue weighted by molar-refractivity contribution is 5.71. The van der Waals surface area contributed by atoms with Gasteiger partial charge in [0.2, 0.25) is 0 Å². The van der Waals surface area contributed by atoms with Crippen LogP contribution in [-0.2, 0) is 0 Å². The Morgan fingerprint density at radius 2 is 1.89 bits per heavy atom. The highest BCUT2D eigenvalue weighted by Crippen LogP contribution is 2.23. The van der Waals surface area contributed by atoms with Crippen molar-refractivity contribution in [3.63, 3.8) is 0 Å². The Hall–Kier alpha value is -2.24. The van der Waals surface area contributed by atoms with Gasteiger partial charge in [0, 0.05) is 11.6 Å². The molecule has 2 aromatic carbocycles. The molecule has 0 unspecified atom stereocenters. The van der Waals surface area contributed by atoms with Crippen LogP contribution >= 0.6 is 0 Å². The molecule has 0 amide bonds. The molecule has 0 saturated carbocycles. The van der Waals surface area contributed by atoms with Gasteiger partial charge in [-0.3, -0.25) is 9.59 Å². The molecule has 1 atom stereocenters. The highest BCUT2D eigenvalue weighted by Gasteiger charge is 2.21. The zero-order valence-corrected chi connectivity index (χ0v) is 9.46. The molecule has 3 N–H and O–H groups in total. The van der Waals surface area contributed by atoms with Gasteiger partial charge in [-0.1, -0.05) is 6.07 Å². The van der Waals surface area contributed by atoms with Crippen molar-refractivity contribution < 1.29 is 8.78 Å². The Morgan fingerprint density at radius 1 is 1.22 bits per heavy atom. The molecule has 0 radical (unpaired) electrons. The lowest BCUT2D eigenvalue weighted by Gasteiger charge is -2.18. The van der Waals surface area contributed by atoms with E-state index in [1.165, 1.54) is 6.07 Å². The topological polar surface area (TPSA) is 72.2 Å². The Morgan fingerprint density at radius 3 is 2.44 bits per heavy atom. The first kappa shape index (κ1) is 12.2. The molecule has 0 bridgehead atoms. The molecule has 2 rings (SSSR count). The van der Waals surface area contributed by atoms with E-state index in [0.717, 1.165) is 12.1 Å². The van der Waals surface area contributed by atoms with Crippen molar-refractivity contribution in [3.05, 3.63) is 55.8 Å². The molecule has 94 valence electrons. The number of halogens is 2. The van der Waals surface area contributed by atoms with Crippen LogP contribution in [0.4, 0.5) is 20.2 Å². The molecular weight excluding hydrogens is 242 g/mol. The summed E-state index contributed by atoms with van der Waals surface area (Å²) in [5, 5.41) is 2.64. The van der Waals surface area contributed by atoms with E-state index in [-0.39, 0.29) is 16.9 Å². The molecule has 18 heavy (non-hydrogen) atoms. The summed E-state index contributed by atoms with van der Waals surface area (Å²) in [7, 11) is 0. The number of benzene rings is 1.